The SMILES string of the molecule is CC(C)(C)C(NC(=O)c1ccncc1Cl)c1ccccc1. The Morgan fingerprint density at radius 2 is 1.86 bits per heavy atom. The Morgan fingerprint density at radius 1 is 1.19 bits per heavy atom. The maximum atomic E-state index is 12.5. The molecule has 1 aromatic heterocycles. The number of hydrogen-bond acceptors (Lipinski definition) is 2. The van der Waals surface area contributed by atoms with Gasteiger partial charge in [0.2, 0.25) is 0 Å². The van der Waals surface area contributed by atoms with Gasteiger partial charge in [-0.3, -0.25) is 9.78 Å². The Hall–Kier alpha value is -1.87. The minimum absolute atomic E-state index is 0.101. The molecular weight excluding hydrogens is 284 g/mol. The van der Waals surface area contributed by atoms with Crippen LogP contribution in [0.1, 0.15) is 42.7 Å². The molecular formula is C17H19ClN2O. The number of pyridine rings is 1. The second kappa shape index (κ2) is 6.27. The first kappa shape index (κ1) is 15.5. The molecule has 1 heterocycles. The van der Waals surface area contributed by atoms with Crippen LogP contribution in [-0.4, -0.2) is 10.9 Å². The van der Waals surface area contributed by atoms with Gasteiger partial charge in [-0.25, -0.2) is 0 Å². The predicted molar refractivity (Wildman–Crippen MR) is 85.4 cm³/mol. The summed E-state index contributed by atoms with van der Waals surface area (Å²) in [6, 6.07) is 11.5. The van der Waals surface area contributed by atoms with Crippen LogP contribution in [0, 0.1) is 5.41 Å². The fourth-order valence-corrected chi connectivity index (χ4v) is 2.42. The van der Waals surface area contributed by atoms with Crippen LogP contribution in [0.5, 0.6) is 0 Å². The molecule has 110 valence electrons. The fraction of sp³-hybridized carbons (Fsp3) is 0.294. The summed E-state index contributed by atoms with van der Waals surface area (Å²) in [4.78, 5) is 16.4. The topological polar surface area (TPSA) is 42.0 Å². The summed E-state index contributed by atoms with van der Waals surface area (Å²) >= 11 is 6.04. The zero-order valence-corrected chi connectivity index (χ0v) is 13.2. The Bertz CT molecular complexity index is 620. The van der Waals surface area contributed by atoms with Gasteiger partial charge in [-0.15, -0.1) is 0 Å². The van der Waals surface area contributed by atoms with Gasteiger partial charge in [0.25, 0.3) is 5.91 Å². The summed E-state index contributed by atoms with van der Waals surface area (Å²) in [5.41, 5.74) is 1.40. The second-order valence-electron chi connectivity index (χ2n) is 6.04. The van der Waals surface area contributed by atoms with Crippen LogP contribution < -0.4 is 5.32 Å². The average molecular weight is 303 g/mol. The standard InChI is InChI=1S/C17H19ClN2O/c1-17(2,3)15(12-7-5-4-6-8-12)20-16(21)13-9-10-19-11-14(13)18/h4-11,15H,1-3H3,(H,20,21). The van der Waals surface area contributed by atoms with E-state index in [1.807, 2.05) is 30.3 Å². The number of carbonyl (C=O) groups excluding carboxylic acids is 1. The third kappa shape index (κ3) is 3.82. The van der Waals surface area contributed by atoms with Gasteiger partial charge in [-0.05, 0) is 17.0 Å². The summed E-state index contributed by atoms with van der Waals surface area (Å²) in [5.74, 6) is -0.189. The molecule has 3 nitrogen and oxygen atoms in total. The summed E-state index contributed by atoms with van der Waals surface area (Å²) in [6.07, 6.45) is 3.04. The van der Waals surface area contributed by atoms with E-state index in [2.05, 4.69) is 31.1 Å². The first-order valence-electron chi connectivity index (χ1n) is 6.85. The Labute approximate surface area is 130 Å². The molecule has 0 radical (unpaired) electrons. The first-order valence-corrected chi connectivity index (χ1v) is 7.22. The highest BCUT2D eigenvalue weighted by Gasteiger charge is 2.28. The van der Waals surface area contributed by atoms with Crippen molar-refractivity contribution in [3.63, 3.8) is 0 Å². The number of amides is 1. The molecule has 1 amide bonds. The number of nitrogens with one attached hydrogen (secondary N) is 1. The van der Waals surface area contributed by atoms with E-state index in [1.54, 1.807) is 12.3 Å². The first-order chi connectivity index (χ1) is 9.89. The monoisotopic (exact) mass is 302 g/mol. The predicted octanol–water partition coefficient (Wildman–Crippen LogP) is 4.25. The third-order valence-electron chi connectivity index (χ3n) is 3.29. The normalized spacial score (nSPS) is 12.8. The van der Waals surface area contributed by atoms with Crippen LogP contribution in [0.25, 0.3) is 0 Å². The lowest BCUT2D eigenvalue weighted by Gasteiger charge is -2.32. The molecule has 1 N–H and O–H groups in total. The maximum absolute atomic E-state index is 12.5. The van der Waals surface area contributed by atoms with Gasteiger partial charge in [0.15, 0.2) is 0 Å². The highest BCUT2D eigenvalue weighted by atomic mass is 35.5. The average Bonchev–Trinajstić information content (AvgIpc) is 2.44. The van der Waals surface area contributed by atoms with Gasteiger partial charge in [-0.2, -0.15) is 0 Å². The lowest BCUT2D eigenvalue weighted by Crippen LogP contribution is -2.36. The number of benzene rings is 1. The number of nitrogens with zero attached hydrogens (tertiary/aromatic N) is 1. The smallest absolute Gasteiger partial charge is 0.253 e. The molecule has 21 heavy (non-hydrogen) atoms. The minimum Gasteiger partial charge on any atom is -0.345 e. The van der Waals surface area contributed by atoms with E-state index >= 15 is 0 Å². The maximum Gasteiger partial charge on any atom is 0.253 e. The van der Waals surface area contributed by atoms with Gasteiger partial charge in [-0.1, -0.05) is 62.7 Å². The molecule has 1 aromatic carbocycles. The summed E-state index contributed by atoms with van der Waals surface area (Å²) in [5, 5.41) is 3.44. The lowest BCUT2D eigenvalue weighted by molar-refractivity contribution is 0.0902. The number of carbonyl (C=O) groups is 1. The van der Waals surface area contributed by atoms with Crippen molar-refractivity contribution < 1.29 is 4.79 Å². The minimum atomic E-state index is -0.189. The van der Waals surface area contributed by atoms with Gasteiger partial charge < -0.3 is 5.32 Å². The molecule has 2 aromatic rings. The Kier molecular flexibility index (Phi) is 4.63. The molecule has 0 aliphatic rings. The molecule has 0 spiro atoms. The van der Waals surface area contributed by atoms with Crippen molar-refractivity contribution in [3.8, 4) is 0 Å². The van der Waals surface area contributed by atoms with E-state index < -0.39 is 0 Å². The van der Waals surface area contributed by atoms with Crippen molar-refractivity contribution >= 4 is 17.5 Å². The Balaban J connectivity index is 2.29. The van der Waals surface area contributed by atoms with Crippen molar-refractivity contribution in [2.24, 2.45) is 5.41 Å². The number of aromatic nitrogens is 1. The van der Waals surface area contributed by atoms with E-state index in [0.717, 1.165) is 5.56 Å². The molecule has 4 heteroatoms. The number of rotatable bonds is 3. The fourth-order valence-electron chi connectivity index (χ4n) is 2.21. The van der Waals surface area contributed by atoms with Crippen molar-refractivity contribution in [2.45, 2.75) is 26.8 Å². The van der Waals surface area contributed by atoms with E-state index in [9.17, 15) is 4.79 Å². The van der Waals surface area contributed by atoms with E-state index in [1.165, 1.54) is 6.20 Å². The zero-order chi connectivity index (χ0) is 15.5. The number of halogens is 1. The molecule has 0 saturated carbocycles. The molecule has 1 atom stereocenters. The summed E-state index contributed by atoms with van der Waals surface area (Å²) in [6.45, 7) is 6.29. The summed E-state index contributed by atoms with van der Waals surface area (Å²) in [7, 11) is 0. The van der Waals surface area contributed by atoms with Gasteiger partial charge in [0.05, 0.1) is 16.6 Å². The summed E-state index contributed by atoms with van der Waals surface area (Å²) < 4.78 is 0. The van der Waals surface area contributed by atoms with Gasteiger partial charge >= 0.3 is 0 Å². The largest absolute Gasteiger partial charge is 0.345 e. The van der Waals surface area contributed by atoms with Crippen LogP contribution in [0.2, 0.25) is 5.02 Å². The quantitative estimate of drug-likeness (QED) is 0.921. The van der Waals surface area contributed by atoms with E-state index in [0.29, 0.717) is 10.6 Å². The third-order valence-corrected chi connectivity index (χ3v) is 3.59. The van der Waals surface area contributed by atoms with Gasteiger partial charge in [0.1, 0.15) is 0 Å². The van der Waals surface area contributed by atoms with E-state index in [-0.39, 0.29) is 17.4 Å². The highest BCUT2D eigenvalue weighted by molar-refractivity contribution is 6.33. The molecule has 0 bridgehead atoms. The van der Waals surface area contributed by atoms with Crippen molar-refractivity contribution in [1.29, 1.82) is 0 Å². The van der Waals surface area contributed by atoms with E-state index in [4.69, 9.17) is 11.6 Å². The Morgan fingerprint density at radius 3 is 2.43 bits per heavy atom. The molecule has 0 aliphatic heterocycles. The zero-order valence-electron chi connectivity index (χ0n) is 12.4. The van der Waals surface area contributed by atoms with Crippen LogP contribution in [-0.2, 0) is 0 Å². The lowest BCUT2D eigenvalue weighted by atomic mass is 9.82. The molecule has 1 unspecified atom stereocenters. The molecule has 0 fully saturated rings. The molecule has 0 saturated heterocycles. The van der Waals surface area contributed by atoms with Crippen molar-refractivity contribution in [3.05, 3.63) is 64.9 Å². The second-order valence-corrected chi connectivity index (χ2v) is 6.45. The van der Waals surface area contributed by atoms with Crippen molar-refractivity contribution in [1.82, 2.24) is 10.3 Å². The van der Waals surface area contributed by atoms with Crippen LogP contribution >= 0.6 is 11.6 Å². The molecule has 2 rings (SSSR count). The van der Waals surface area contributed by atoms with Crippen molar-refractivity contribution in [2.75, 3.05) is 0 Å². The molecule has 0 aliphatic carbocycles. The van der Waals surface area contributed by atoms with Gasteiger partial charge in [0, 0.05) is 12.4 Å². The number of hydrogen-bond donors (Lipinski definition) is 1. The highest BCUT2D eigenvalue weighted by Crippen LogP contribution is 2.33. The van der Waals surface area contributed by atoms with Crippen LogP contribution in [0.15, 0.2) is 48.8 Å². The van der Waals surface area contributed by atoms with Crippen LogP contribution in [0.3, 0.4) is 0 Å². The van der Waals surface area contributed by atoms with Crippen LogP contribution in [0.4, 0.5) is 0 Å².